The maximum Gasteiger partial charge on any atom is 0.122 e. The number of methoxy groups -OCH3 is 2. The van der Waals surface area contributed by atoms with Gasteiger partial charge < -0.3 is 14.8 Å². The van der Waals surface area contributed by atoms with E-state index in [0.717, 1.165) is 24.0 Å². The Balaban J connectivity index is 2.66. The van der Waals surface area contributed by atoms with E-state index >= 15 is 0 Å². The van der Waals surface area contributed by atoms with Crippen molar-refractivity contribution in [1.82, 2.24) is 5.32 Å². The maximum absolute atomic E-state index is 5.29. The average molecular weight is 265 g/mol. The summed E-state index contributed by atoms with van der Waals surface area (Å²) >= 11 is 0. The molecule has 3 heteroatoms. The van der Waals surface area contributed by atoms with Crippen molar-refractivity contribution in [1.29, 1.82) is 0 Å². The molecule has 19 heavy (non-hydrogen) atoms. The zero-order valence-electron chi connectivity index (χ0n) is 12.8. The highest BCUT2D eigenvalue weighted by Crippen LogP contribution is 2.22. The molecule has 0 spiro atoms. The minimum Gasteiger partial charge on any atom is -0.497 e. The summed E-state index contributed by atoms with van der Waals surface area (Å²) in [6.07, 6.45) is 2.43. The maximum atomic E-state index is 5.29. The summed E-state index contributed by atoms with van der Waals surface area (Å²) in [4.78, 5) is 0. The van der Waals surface area contributed by atoms with Crippen LogP contribution in [0.2, 0.25) is 0 Å². The molecule has 3 nitrogen and oxygen atoms in total. The van der Waals surface area contributed by atoms with Crippen LogP contribution in [0.25, 0.3) is 0 Å². The Kier molecular flexibility index (Phi) is 6.71. The van der Waals surface area contributed by atoms with Gasteiger partial charge in [0.1, 0.15) is 11.5 Å². The molecule has 0 saturated carbocycles. The fourth-order valence-corrected chi connectivity index (χ4v) is 2.41. The van der Waals surface area contributed by atoms with Crippen LogP contribution in [0.15, 0.2) is 18.2 Å². The fraction of sp³-hybridized carbons (Fsp3) is 0.625. The molecule has 0 amide bonds. The number of benzene rings is 1. The van der Waals surface area contributed by atoms with E-state index in [0.29, 0.717) is 6.04 Å². The van der Waals surface area contributed by atoms with E-state index < -0.39 is 0 Å². The van der Waals surface area contributed by atoms with Gasteiger partial charge in [-0.3, -0.25) is 0 Å². The molecule has 1 atom stereocenters. The first-order valence-electron chi connectivity index (χ1n) is 7.09. The van der Waals surface area contributed by atoms with E-state index in [-0.39, 0.29) is 0 Å². The van der Waals surface area contributed by atoms with Crippen LogP contribution in [-0.2, 0) is 6.54 Å². The molecule has 0 heterocycles. The second kappa shape index (κ2) is 8.05. The summed E-state index contributed by atoms with van der Waals surface area (Å²) in [7, 11) is 3.36. The lowest BCUT2D eigenvalue weighted by atomic mass is 9.95. The number of ether oxygens (including phenoxy) is 2. The van der Waals surface area contributed by atoms with Gasteiger partial charge in [0, 0.05) is 18.7 Å². The quantitative estimate of drug-likeness (QED) is 0.778. The van der Waals surface area contributed by atoms with E-state index in [1.807, 2.05) is 6.07 Å². The van der Waals surface area contributed by atoms with Crippen LogP contribution in [-0.4, -0.2) is 20.3 Å². The van der Waals surface area contributed by atoms with Gasteiger partial charge in [0.25, 0.3) is 0 Å². The third kappa shape index (κ3) is 4.75. The predicted octanol–water partition coefficient (Wildman–Crippen LogP) is 3.62. The highest BCUT2D eigenvalue weighted by molar-refractivity contribution is 5.38. The lowest BCUT2D eigenvalue weighted by Gasteiger charge is -2.22. The number of nitrogens with one attached hydrogen (secondary N) is 1. The van der Waals surface area contributed by atoms with Crippen LogP contribution in [0.4, 0.5) is 0 Å². The monoisotopic (exact) mass is 265 g/mol. The topological polar surface area (TPSA) is 30.5 Å². The van der Waals surface area contributed by atoms with Gasteiger partial charge in [-0.15, -0.1) is 0 Å². The first-order chi connectivity index (χ1) is 9.14. The van der Waals surface area contributed by atoms with Gasteiger partial charge in [-0.25, -0.2) is 0 Å². The highest BCUT2D eigenvalue weighted by Gasteiger charge is 2.12. The molecule has 0 aromatic heterocycles. The lowest BCUT2D eigenvalue weighted by Crippen LogP contribution is -2.32. The normalized spacial score (nSPS) is 12.5. The Morgan fingerprint density at radius 1 is 1.00 bits per heavy atom. The first-order valence-corrected chi connectivity index (χ1v) is 7.09. The van der Waals surface area contributed by atoms with Crippen molar-refractivity contribution in [3.05, 3.63) is 23.8 Å². The third-order valence-electron chi connectivity index (χ3n) is 3.80. The van der Waals surface area contributed by atoms with Crippen molar-refractivity contribution >= 4 is 0 Å². The lowest BCUT2D eigenvalue weighted by molar-refractivity contribution is 0.351. The van der Waals surface area contributed by atoms with Gasteiger partial charge in [-0.1, -0.05) is 26.7 Å². The Morgan fingerprint density at radius 2 is 1.53 bits per heavy atom. The Morgan fingerprint density at radius 3 is 1.95 bits per heavy atom. The SMILES string of the molecule is CCC(CC)C(C)NCc1cc(OC)cc(OC)c1. The molecule has 0 aliphatic heterocycles. The molecule has 0 aliphatic carbocycles. The van der Waals surface area contributed by atoms with Gasteiger partial charge in [0.15, 0.2) is 0 Å². The van der Waals surface area contributed by atoms with Gasteiger partial charge in [0.05, 0.1) is 14.2 Å². The minimum atomic E-state index is 0.521. The van der Waals surface area contributed by atoms with Crippen molar-refractivity contribution in [2.75, 3.05) is 14.2 Å². The van der Waals surface area contributed by atoms with Gasteiger partial charge >= 0.3 is 0 Å². The van der Waals surface area contributed by atoms with Crippen molar-refractivity contribution in [3.63, 3.8) is 0 Å². The zero-order valence-corrected chi connectivity index (χ0v) is 12.8. The summed E-state index contributed by atoms with van der Waals surface area (Å²) < 4.78 is 10.6. The number of rotatable bonds is 8. The smallest absolute Gasteiger partial charge is 0.122 e. The van der Waals surface area contributed by atoms with E-state index in [4.69, 9.17) is 9.47 Å². The molecule has 108 valence electrons. The standard InChI is InChI=1S/C16H27NO2/c1-6-14(7-2)12(3)17-11-13-8-15(18-4)10-16(9-13)19-5/h8-10,12,14,17H,6-7,11H2,1-5H3. The zero-order chi connectivity index (χ0) is 14.3. The molecule has 0 saturated heterocycles. The van der Waals surface area contributed by atoms with Crippen LogP contribution >= 0.6 is 0 Å². The summed E-state index contributed by atoms with van der Waals surface area (Å²) in [6, 6.07) is 6.52. The van der Waals surface area contributed by atoms with E-state index in [1.54, 1.807) is 14.2 Å². The van der Waals surface area contributed by atoms with Crippen molar-refractivity contribution < 1.29 is 9.47 Å². The highest BCUT2D eigenvalue weighted by atomic mass is 16.5. The second-order valence-corrected chi connectivity index (χ2v) is 4.97. The summed E-state index contributed by atoms with van der Waals surface area (Å²) in [6.45, 7) is 7.60. The van der Waals surface area contributed by atoms with Gasteiger partial charge in [0.2, 0.25) is 0 Å². The summed E-state index contributed by atoms with van der Waals surface area (Å²) in [5.41, 5.74) is 1.19. The molecular formula is C16H27NO2. The van der Waals surface area contributed by atoms with Gasteiger partial charge in [-0.05, 0) is 30.5 Å². The van der Waals surface area contributed by atoms with Crippen molar-refractivity contribution in [2.45, 2.75) is 46.2 Å². The van der Waals surface area contributed by atoms with E-state index in [1.165, 1.54) is 18.4 Å². The second-order valence-electron chi connectivity index (χ2n) is 4.97. The van der Waals surface area contributed by atoms with Crippen LogP contribution in [0.1, 0.15) is 39.2 Å². The summed E-state index contributed by atoms with van der Waals surface area (Å²) in [5, 5.41) is 3.59. The minimum absolute atomic E-state index is 0.521. The molecule has 1 rings (SSSR count). The third-order valence-corrected chi connectivity index (χ3v) is 3.80. The molecule has 1 aromatic carbocycles. The Hall–Kier alpha value is -1.22. The number of hydrogen-bond acceptors (Lipinski definition) is 3. The predicted molar refractivity (Wildman–Crippen MR) is 79.9 cm³/mol. The largest absolute Gasteiger partial charge is 0.497 e. The number of hydrogen-bond donors (Lipinski definition) is 1. The van der Waals surface area contributed by atoms with E-state index in [2.05, 4.69) is 38.2 Å². The molecule has 1 aromatic rings. The molecule has 1 unspecified atom stereocenters. The summed E-state index contributed by atoms with van der Waals surface area (Å²) in [5.74, 6) is 2.41. The molecule has 0 fully saturated rings. The van der Waals surface area contributed by atoms with E-state index in [9.17, 15) is 0 Å². The molecule has 0 radical (unpaired) electrons. The van der Waals surface area contributed by atoms with Crippen LogP contribution in [0, 0.1) is 5.92 Å². The molecule has 0 aliphatic rings. The van der Waals surface area contributed by atoms with Crippen molar-refractivity contribution in [2.24, 2.45) is 5.92 Å². The molecule has 1 N–H and O–H groups in total. The molecule has 0 bridgehead atoms. The Labute approximate surface area is 117 Å². The van der Waals surface area contributed by atoms with Gasteiger partial charge in [-0.2, -0.15) is 0 Å². The average Bonchev–Trinajstić information content (AvgIpc) is 2.45. The van der Waals surface area contributed by atoms with Crippen molar-refractivity contribution in [3.8, 4) is 11.5 Å². The van der Waals surface area contributed by atoms with Crippen LogP contribution in [0.5, 0.6) is 11.5 Å². The fourth-order valence-electron chi connectivity index (χ4n) is 2.41. The first kappa shape index (κ1) is 15.8. The Bertz CT molecular complexity index is 353. The molecular weight excluding hydrogens is 238 g/mol. The van der Waals surface area contributed by atoms with Crippen LogP contribution in [0.3, 0.4) is 0 Å². The van der Waals surface area contributed by atoms with Crippen LogP contribution < -0.4 is 14.8 Å².